The Morgan fingerprint density at radius 1 is 1.10 bits per heavy atom. The van der Waals surface area contributed by atoms with Gasteiger partial charge < -0.3 is 10.1 Å². The molecule has 0 fully saturated rings. The molecule has 1 amide bonds. The van der Waals surface area contributed by atoms with Crippen LogP contribution in [0.4, 0.5) is 5.69 Å². The summed E-state index contributed by atoms with van der Waals surface area (Å²) in [6.07, 6.45) is -0.580. The maximum atomic E-state index is 12.1. The number of halogens is 2. The van der Waals surface area contributed by atoms with Crippen molar-refractivity contribution in [2.75, 3.05) is 5.32 Å². The van der Waals surface area contributed by atoms with E-state index < -0.39 is 6.10 Å². The van der Waals surface area contributed by atoms with Crippen molar-refractivity contribution in [1.29, 1.82) is 0 Å². The first-order valence-corrected chi connectivity index (χ1v) is 7.62. The van der Waals surface area contributed by atoms with E-state index in [2.05, 4.69) is 37.2 Å². The average Bonchev–Trinajstić information content (AvgIpc) is 2.44. The third-order valence-corrected chi connectivity index (χ3v) is 3.85. The molecule has 3 nitrogen and oxygen atoms in total. The van der Waals surface area contributed by atoms with Gasteiger partial charge in [-0.2, -0.15) is 0 Å². The Morgan fingerprint density at radius 2 is 1.75 bits per heavy atom. The van der Waals surface area contributed by atoms with Gasteiger partial charge in [0.25, 0.3) is 5.91 Å². The van der Waals surface area contributed by atoms with Gasteiger partial charge in [-0.05, 0) is 59.3 Å². The minimum absolute atomic E-state index is 0.195. The van der Waals surface area contributed by atoms with E-state index in [0.717, 1.165) is 14.6 Å². The number of hydrogen-bond donors (Lipinski definition) is 1. The molecule has 0 radical (unpaired) electrons. The van der Waals surface area contributed by atoms with Crippen molar-refractivity contribution in [2.45, 2.75) is 13.0 Å². The minimum atomic E-state index is -0.580. The van der Waals surface area contributed by atoms with Gasteiger partial charge >= 0.3 is 0 Å². The van der Waals surface area contributed by atoms with Gasteiger partial charge in [0.2, 0.25) is 0 Å². The lowest BCUT2D eigenvalue weighted by Gasteiger charge is -2.15. The highest BCUT2D eigenvalue weighted by atomic mass is 79.9. The quantitative estimate of drug-likeness (QED) is 0.815. The molecule has 0 aliphatic heterocycles. The fourth-order valence-corrected chi connectivity index (χ4v) is 2.22. The molecule has 0 aliphatic carbocycles. The molecule has 0 saturated carbocycles. The van der Waals surface area contributed by atoms with Crippen molar-refractivity contribution in [2.24, 2.45) is 0 Å². The van der Waals surface area contributed by atoms with Gasteiger partial charge in [-0.25, -0.2) is 0 Å². The molecule has 0 saturated heterocycles. The Labute approximate surface area is 134 Å². The summed E-state index contributed by atoms with van der Waals surface area (Å²) in [5.41, 5.74) is 0.726. The number of nitrogens with one attached hydrogen (secondary N) is 1. The fraction of sp³-hybridized carbons (Fsp3) is 0.133. The van der Waals surface area contributed by atoms with Crippen LogP contribution >= 0.6 is 31.9 Å². The van der Waals surface area contributed by atoms with Crippen molar-refractivity contribution in [3.8, 4) is 5.75 Å². The second kappa shape index (κ2) is 6.90. The third-order valence-electron chi connectivity index (χ3n) is 2.63. The number of hydrogen-bond acceptors (Lipinski definition) is 2. The predicted molar refractivity (Wildman–Crippen MR) is 87.0 cm³/mol. The molecule has 0 aromatic heterocycles. The second-order valence-electron chi connectivity index (χ2n) is 4.18. The van der Waals surface area contributed by atoms with Crippen LogP contribution in [0.1, 0.15) is 6.92 Å². The van der Waals surface area contributed by atoms with Crippen LogP contribution in [0.15, 0.2) is 57.5 Å². The first-order chi connectivity index (χ1) is 9.56. The molecule has 0 aliphatic rings. The second-order valence-corrected chi connectivity index (χ2v) is 5.95. The number of ether oxygens (including phenoxy) is 1. The van der Waals surface area contributed by atoms with Crippen LogP contribution in [0.3, 0.4) is 0 Å². The zero-order valence-electron chi connectivity index (χ0n) is 10.8. The van der Waals surface area contributed by atoms with Crippen LogP contribution in [0, 0.1) is 0 Å². The largest absolute Gasteiger partial charge is 0.481 e. The molecule has 104 valence electrons. The van der Waals surface area contributed by atoms with Crippen LogP contribution in [-0.2, 0) is 4.79 Å². The van der Waals surface area contributed by atoms with Crippen LogP contribution in [0.25, 0.3) is 0 Å². The summed E-state index contributed by atoms with van der Waals surface area (Å²) in [7, 11) is 0. The SMILES string of the molecule is C[C@H](Oc1ccc(Br)cc1)C(=O)Nc1ccccc1Br. The Kier molecular flexibility index (Phi) is 5.20. The van der Waals surface area contributed by atoms with E-state index in [1.165, 1.54) is 0 Å². The Balaban J connectivity index is 1.99. The Morgan fingerprint density at radius 3 is 2.40 bits per heavy atom. The van der Waals surface area contributed by atoms with Crippen molar-refractivity contribution in [3.63, 3.8) is 0 Å². The fourth-order valence-electron chi connectivity index (χ4n) is 1.57. The third kappa shape index (κ3) is 4.08. The summed E-state index contributed by atoms with van der Waals surface area (Å²) >= 11 is 6.74. The van der Waals surface area contributed by atoms with Crippen molar-refractivity contribution < 1.29 is 9.53 Å². The van der Waals surface area contributed by atoms with Gasteiger partial charge in [0.05, 0.1) is 5.69 Å². The van der Waals surface area contributed by atoms with E-state index in [4.69, 9.17) is 4.74 Å². The van der Waals surface area contributed by atoms with Crippen molar-refractivity contribution in [1.82, 2.24) is 0 Å². The molecule has 1 atom stereocenters. The van der Waals surface area contributed by atoms with Gasteiger partial charge in [0, 0.05) is 8.95 Å². The van der Waals surface area contributed by atoms with E-state index >= 15 is 0 Å². The predicted octanol–water partition coefficient (Wildman–Crippen LogP) is 4.62. The molecule has 0 bridgehead atoms. The number of anilines is 1. The molecule has 2 rings (SSSR count). The molecule has 2 aromatic rings. The van der Waals surface area contributed by atoms with E-state index in [1.807, 2.05) is 48.5 Å². The van der Waals surface area contributed by atoms with Gasteiger partial charge in [-0.15, -0.1) is 0 Å². The minimum Gasteiger partial charge on any atom is -0.481 e. The maximum Gasteiger partial charge on any atom is 0.265 e. The highest BCUT2D eigenvalue weighted by Gasteiger charge is 2.15. The van der Waals surface area contributed by atoms with E-state index in [0.29, 0.717) is 5.75 Å². The molecule has 0 unspecified atom stereocenters. The normalized spacial score (nSPS) is 11.8. The number of amides is 1. The topological polar surface area (TPSA) is 38.3 Å². The lowest BCUT2D eigenvalue weighted by Crippen LogP contribution is -2.30. The molecular formula is C15H13Br2NO2. The highest BCUT2D eigenvalue weighted by Crippen LogP contribution is 2.22. The molecule has 0 heterocycles. The summed E-state index contributed by atoms with van der Waals surface area (Å²) < 4.78 is 7.40. The van der Waals surface area contributed by atoms with Gasteiger partial charge in [0.1, 0.15) is 5.75 Å². The number of para-hydroxylation sites is 1. The zero-order valence-corrected chi connectivity index (χ0v) is 13.9. The number of carbonyl (C=O) groups excluding carboxylic acids is 1. The first kappa shape index (κ1) is 15.1. The van der Waals surface area contributed by atoms with Crippen LogP contribution < -0.4 is 10.1 Å². The monoisotopic (exact) mass is 397 g/mol. The smallest absolute Gasteiger partial charge is 0.265 e. The number of carbonyl (C=O) groups is 1. The standard InChI is InChI=1S/C15H13Br2NO2/c1-10(20-12-8-6-11(16)7-9-12)15(19)18-14-5-3-2-4-13(14)17/h2-10H,1H3,(H,18,19)/t10-/m0/s1. The average molecular weight is 399 g/mol. The van der Waals surface area contributed by atoms with Gasteiger partial charge in [0.15, 0.2) is 6.10 Å². The lowest BCUT2D eigenvalue weighted by atomic mass is 10.3. The molecule has 0 spiro atoms. The van der Waals surface area contributed by atoms with E-state index in [-0.39, 0.29) is 5.91 Å². The number of benzene rings is 2. The van der Waals surface area contributed by atoms with Crippen molar-refractivity contribution in [3.05, 3.63) is 57.5 Å². The summed E-state index contributed by atoms with van der Waals surface area (Å²) in [6.45, 7) is 1.72. The Bertz CT molecular complexity index is 599. The first-order valence-electron chi connectivity index (χ1n) is 6.04. The zero-order chi connectivity index (χ0) is 14.5. The molecule has 1 N–H and O–H groups in total. The van der Waals surface area contributed by atoms with Crippen LogP contribution in [0.2, 0.25) is 0 Å². The van der Waals surface area contributed by atoms with Gasteiger partial charge in [-0.1, -0.05) is 28.1 Å². The van der Waals surface area contributed by atoms with Crippen LogP contribution in [-0.4, -0.2) is 12.0 Å². The lowest BCUT2D eigenvalue weighted by molar-refractivity contribution is -0.122. The molecule has 5 heteroatoms. The molecular weight excluding hydrogens is 386 g/mol. The van der Waals surface area contributed by atoms with Crippen molar-refractivity contribution >= 4 is 43.5 Å². The van der Waals surface area contributed by atoms with E-state index in [9.17, 15) is 4.79 Å². The highest BCUT2D eigenvalue weighted by molar-refractivity contribution is 9.10. The summed E-state index contributed by atoms with van der Waals surface area (Å²) in [5, 5.41) is 2.82. The van der Waals surface area contributed by atoms with E-state index in [1.54, 1.807) is 6.92 Å². The van der Waals surface area contributed by atoms with Crippen LogP contribution in [0.5, 0.6) is 5.75 Å². The Hall–Kier alpha value is -1.33. The summed E-state index contributed by atoms with van der Waals surface area (Å²) in [6, 6.07) is 14.8. The maximum absolute atomic E-state index is 12.1. The van der Waals surface area contributed by atoms with Gasteiger partial charge in [-0.3, -0.25) is 4.79 Å². The summed E-state index contributed by atoms with van der Waals surface area (Å²) in [4.78, 5) is 12.1. The molecule has 2 aromatic carbocycles. The number of rotatable bonds is 4. The summed E-state index contributed by atoms with van der Waals surface area (Å²) in [5.74, 6) is 0.461. The molecule has 20 heavy (non-hydrogen) atoms.